The topological polar surface area (TPSA) is 100 Å². The van der Waals surface area contributed by atoms with Gasteiger partial charge in [-0.2, -0.15) is 5.10 Å². The summed E-state index contributed by atoms with van der Waals surface area (Å²) >= 11 is -1.77. The van der Waals surface area contributed by atoms with Crippen LogP contribution < -0.4 is 19.5 Å². The second-order valence-electron chi connectivity index (χ2n) is 6.90. The van der Waals surface area contributed by atoms with Crippen LogP contribution in [0.2, 0.25) is 0 Å². The van der Waals surface area contributed by atoms with Gasteiger partial charge in [-0.1, -0.05) is 12.1 Å². The molecule has 1 aromatic heterocycles. The molecular weight excluding hydrogens is 356 g/mol. The molecule has 0 fully saturated rings. The normalized spacial score (nSPS) is 18.1. The fraction of sp³-hybridized carbons (Fsp3) is 0.412. The smallest absolute Gasteiger partial charge is 0.361 e. The van der Waals surface area contributed by atoms with Crippen LogP contribution in [0.15, 0.2) is 29.3 Å². The maximum atomic E-state index is 12.5. The minimum absolute atomic E-state index is 0.312. The monoisotopic (exact) mass is 376 g/mol. The highest BCUT2D eigenvalue weighted by Gasteiger charge is 2.33. The number of rotatable bonds is 3. The Hall–Kier alpha value is -2.39. The van der Waals surface area contributed by atoms with Crippen LogP contribution in [0.3, 0.4) is 0 Å². The molecule has 0 spiro atoms. The van der Waals surface area contributed by atoms with Gasteiger partial charge < -0.3 is 19.3 Å². The first-order valence-corrected chi connectivity index (χ1v) is 9.57. The van der Waals surface area contributed by atoms with E-state index < -0.39 is 17.4 Å². The number of amides is 2. The summed E-state index contributed by atoms with van der Waals surface area (Å²) in [7, 11) is 0. The number of fused-ring (bicyclic) bond motifs is 2. The summed E-state index contributed by atoms with van der Waals surface area (Å²) < 4.78 is 28.0. The second kappa shape index (κ2) is 6.40. The number of nitrogens with zero attached hydrogens (tertiary/aromatic N) is 2. The number of carbonyl (C=O) groups is 1. The maximum absolute atomic E-state index is 12.5. The van der Waals surface area contributed by atoms with Gasteiger partial charge in [0.15, 0.2) is 0 Å². The van der Waals surface area contributed by atoms with Crippen molar-refractivity contribution in [1.29, 1.82) is 0 Å². The van der Waals surface area contributed by atoms with Crippen molar-refractivity contribution in [1.82, 2.24) is 14.5 Å². The van der Waals surface area contributed by atoms with E-state index in [0.29, 0.717) is 35.4 Å². The van der Waals surface area contributed by atoms with E-state index >= 15 is 0 Å². The Morgan fingerprint density at radius 1 is 1.42 bits per heavy atom. The summed E-state index contributed by atoms with van der Waals surface area (Å²) in [5.41, 5.74) is 1.28. The summed E-state index contributed by atoms with van der Waals surface area (Å²) in [4.78, 5) is 12.7. The van der Waals surface area contributed by atoms with Crippen molar-refractivity contribution in [2.45, 2.75) is 43.7 Å². The molecular formula is C17H20N4O4S. The van der Waals surface area contributed by atoms with Gasteiger partial charge in [0.1, 0.15) is 28.9 Å². The van der Waals surface area contributed by atoms with Gasteiger partial charge in [-0.3, -0.25) is 0 Å². The number of carbonyl (C=O) groups excluding carboxylic acids is 1. The number of para-hydroxylation sites is 1. The van der Waals surface area contributed by atoms with Gasteiger partial charge in [0.05, 0.1) is 12.3 Å². The highest BCUT2D eigenvalue weighted by molar-refractivity contribution is 7.90. The van der Waals surface area contributed by atoms with Gasteiger partial charge in [0, 0.05) is 24.9 Å². The van der Waals surface area contributed by atoms with Gasteiger partial charge in [-0.05, 0) is 19.9 Å². The first kappa shape index (κ1) is 17.0. The van der Waals surface area contributed by atoms with Crippen LogP contribution in [0.25, 0.3) is 0 Å². The second-order valence-corrected chi connectivity index (χ2v) is 8.08. The van der Waals surface area contributed by atoms with Crippen LogP contribution in [0.5, 0.6) is 11.6 Å². The van der Waals surface area contributed by atoms with E-state index in [-0.39, 0.29) is 5.60 Å². The lowest BCUT2D eigenvalue weighted by molar-refractivity contribution is 0.139. The quantitative estimate of drug-likeness (QED) is 0.800. The lowest BCUT2D eigenvalue weighted by Crippen LogP contribution is -2.35. The van der Waals surface area contributed by atoms with E-state index in [4.69, 9.17) is 9.47 Å². The predicted molar refractivity (Wildman–Crippen MR) is 95.8 cm³/mol. The van der Waals surface area contributed by atoms with Crippen molar-refractivity contribution in [3.8, 4) is 11.6 Å². The highest BCUT2D eigenvalue weighted by Crippen LogP contribution is 2.40. The molecule has 2 N–H and O–H groups in total. The molecule has 2 aliphatic heterocycles. The van der Waals surface area contributed by atoms with E-state index in [2.05, 4.69) is 15.1 Å². The molecule has 4 rings (SSSR count). The average Bonchev–Trinajstić information content (AvgIpc) is 3.14. The molecule has 0 radical (unpaired) electrons. The van der Waals surface area contributed by atoms with Gasteiger partial charge in [-0.15, -0.1) is 4.72 Å². The predicted octanol–water partition coefficient (Wildman–Crippen LogP) is 2.22. The van der Waals surface area contributed by atoms with Crippen molar-refractivity contribution >= 4 is 23.1 Å². The molecule has 8 nitrogen and oxygen atoms in total. The third kappa shape index (κ3) is 3.19. The number of hydrogen-bond donors (Lipinski definition) is 2. The molecule has 2 aliphatic rings. The van der Waals surface area contributed by atoms with Gasteiger partial charge in [-0.25, -0.2) is 9.48 Å². The Morgan fingerprint density at radius 2 is 2.27 bits per heavy atom. The number of aryl methyl sites for hydroxylation is 1. The third-order valence-corrected chi connectivity index (χ3v) is 5.29. The Balaban J connectivity index is 1.46. The summed E-state index contributed by atoms with van der Waals surface area (Å²) in [6.45, 7) is 5.25. The van der Waals surface area contributed by atoms with E-state index in [1.54, 1.807) is 10.7 Å². The van der Waals surface area contributed by atoms with Crippen molar-refractivity contribution in [2.24, 2.45) is 0 Å². The van der Waals surface area contributed by atoms with Crippen molar-refractivity contribution < 1.29 is 18.8 Å². The standard InChI is InChI=1S/C17H20N4O4S/c1-17(2)9-11-5-3-6-12(14(11)25-17)19-16(22)20-26(23)13-10-18-21-7-4-8-24-15(13)21/h3,5-6,10H,4,7-9H2,1-2H3,(H2,19,20,22). The van der Waals surface area contributed by atoms with Crippen LogP contribution in [0.1, 0.15) is 25.8 Å². The third-order valence-electron chi connectivity index (χ3n) is 4.24. The minimum Gasteiger partial charge on any atom is -0.588 e. The van der Waals surface area contributed by atoms with E-state index in [9.17, 15) is 9.35 Å². The number of anilines is 1. The first-order chi connectivity index (χ1) is 12.4. The molecule has 26 heavy (non-hydrogen) atoms. The molecule has 1 aromatic carbocycles. The molecule has 0 bridgehead atoms. The lowest BCUT2D eigenvalue weighted by Gasteiger charge is -2.18. The van der Waals surface area contributed by atoms with E-state index in [0.717, 1.165) is 18.4 Å². The van der Waals surface area contributed by atoms with Crippen LogP contribution in [-0.2, 0) is 24.3 Å². The molecule has 2 amide bonds. The Bertz CT molecular complexity index is 851. The average molecular weight is 376 g/mol. The van der Waals surface area contributed by atoms with Gasteiger partial charge in [0.25, 0.3) is 10.8 Å². The van der Waals surface area contributed by atoms with Crippen molar-refractivity contribution in [2.75, 3.05) is 11.9 Å². The number of ether oxygens (including phenoxy) is 2. The fourth-order valence-corrected chi connectivity index (χ4v) is 3.97. The summed E-state index contributed by atoms with van der Waals surface area (Å²) in [6, 6.07) is 5.01. The van der Waals surface area contributed by atoms with E-state index in [1.807, 2.05) is 26.0 Å². The Kier molecular flexibility index (Phi) is 4.20. The molecule has 0 saturated carbocycles. The number of aromatic nitrogens is 2. The number of benzene rings is 1. The molecule has 0 aliphatic carbocycles. The van der Waals surface area contributed by atoms with Gasteiger partial charge in [0.2, 0.25) is 0 Å². The van der Waals surface area contributed by atoms with Crippen LogP contribution in [0, 0.1) is 0 Å². The molecule has 3 heterocycles. The molecule has 9 heteroatoms. The summed E-state index contributed by atoms with van der Waals surface area (Å²) in [5.74, 6) is 1.10. The number of urea groups is 1. The molecule has 0 saturated heterocycles. The minimum atomic E-state index is -1.77. The molecule has 138 valence electrons. The van der Waals surface area contributed by atoms with Crippen molar-refractivity contribution in [3.63, 3.8) is 0 Å². The van der Waals surface area contributed by atoms with Gasteiger partial charge >= 0.3 is 6.03 Å². The van der Waals surface area contributed by atoms with Crippen LogP contribution in [0.4, 0.5) is 10.5 Å². The Morgan fingerprint density at radius 3 is 3.12 bits per heavy atom. The van der Waals surface area contributed by atoms with Crippen LogP contribution in [-0.4, -0.2) is 32.6 Å². The molecule has 1 atom stereocenters. The lowest BCUT2D eigenvalue weighted by atomic mass is 10.0. The highest BCUT2D eigenvalue weighted by atomic mass is 32.2. The molecule has 2 aromatic rings. The SMILES string of the molecule is CC1(C)Cc2cccc(NC(=O)N[S+]([O-])c3cnn4c3OCCC4)c2O1. The van der Waals surface area contributed by atoms with E-state index in [1.165, 1.54) is 6.20 Å². The Labute approximate surface area is 154 Å². The summed E-state index contributed by atoms with van der Waals surface area (Å²) in [5, 5.41) is 6.86. The summed E-state index contributed by atoms with van der Waals surface area (Å²) in [6.07, 6.45) is 3.08. The number of nitrogens with one attached hydrogen (secondary N) is 2. The van der Waals surface area contributed by atoms with Crippen molar-refractivity contribution in [3.05, 3.63) is 30.0 Å². The zero-order valence-electron chi connectivity index (χ0n) is 14.6. The zero-order valence-corrected chi connectivity index (χ0v) is 15.4. The largest absolute Gasteiger partial charge is 0.588 e. The first-order valence-electron chi connectivity index (χ1n) is 8.42. The molecule has 1 unspecified atom stereocenters. The fourth-order valence-electron chi connectivity index (χ4n) is 3.17. The number of hydrogen-bond acceptors (Lipinski definition) is 5. The zero-order chi connectivity index (χ0) is 18.3. The van der Waals surface area contributed by atoms with Crippen LogP contribution >= 0.6 is 0 Å². The maximum Gasteiger partial charge on any atom is 0.361 e.